The predicted molar refractivity (Wildman–Crippen MR) is 63.2 cm³/mol. The molecular formula is C12H20N2O2. The maximum absolute atomic E-state index is 11.6. The lowest BCUT2D eigenvalue weighted by Crippen LogP contribution is -2.25. The quantitative estimate of drug-likeness (QED) is 0.722. The highest BCUT2D eigenvalue weighted by molar-refractivity contribution is 5.92. The second kappa shape index (κ2) is 6.33. The summed E-state index contributed by atoms with van der Waals surface area (Å²) in [7, 11) is 0. The van der Waals surface area contributed by atoms with Crippen LogP contribution in [0.4, 0.5) is 0 Å². The summed E-state index contributed by atoms with van der Waals surface area (Å²) in [5.41, 5.74) is 6.38. The van der Waals surface area contributed by atoms with Crippen LogP contribution >= 0.6 is 0 Å². The first-order valence-corrected chi connectivity index (χ1v) is 5.67. The summed E-state index contributed by atoms with van der Waals surface area (Å²) in [6.07, 6.45) is 3.51. The van der Waals surface area contributed by atoms with E-state index < -0.39 is 0 Å². The average Bonchev–Trinajstić information content (AvgIpc) is 2.70. The minimum absolute atomic E-state index is 0.136. The van der Waals surface area contributed by atoms with Crippen molar-refractivity contribution in [3.8, 4) is 0 Å². The van der Waals surface area contributed by atoms with Crippen molar-refractivity contribution in [1.29, 1.82) is 0 Å². The van der Waals surface area contributed by atoms with E-state index in [2.05, 4.69) is 12.2 Å². The lowest BCUT2D eigenvalue weighted by atomic mass is 10.1. The first-order valence-electron chi connectivity index (χ1n) is 5.67. The van der Waals surface area contributed by atoms with Crippen LogP contribution in [-0.2, 0) is 0 Å². The number of aryl methyl sites for hydroxylation is 1. The number of furan rings is 1. The third kappa shape index (κ3) is 3.70. The highest BCUT2D eigenvalue weighted by atomic mass is 16.3. The van der Waals surface area contributed by atoms with Crippen LogP contribution in [0.25, 0.3) is 0 Å². The highest BCUT2D eigenvalue weighted by Crippen LogP contribution is 2.08. The van der Waals surface area contributed by atoms with Crippen molar-refractivity contribution in [2.45, 2.75) is 26.7 Å². The molecular weight excluding hydrogens is 204 g/mol. The number of rotatable bonds is 6. The second-order valence-corrected chi connectivity index (χ2v) is 4.17. The van der Waals surface area contributed by atoms with E-state index in [0.717, 1.165) is 18.4 Å². The number of nitrogens with one attached hydrogen (secondary N) is 1. The molecule has 1 heterocycles. The molecule has 1 atom stereocenters. The molecule has 0 saturated heterocycles. The molecule has 4 heteroatoms. The van der Waals surface area contributed by atoms with Crippen LogP contribution in [0, 0.1) is 12.8 Å². The maximum atomic E-state index is 11.6. The molecule has 90 valence electrons. The summed E-state index contributed by atoms with van der Waals surface area (Å²) >= 11 is 0. The van der Waals surface area contributed by atoms with Gasteiger partial charge in [0.25, 0.3) is 5.91 Å². The Labute approximate surface area is 96.2 Å². The van der Waals surface area contributed by atoms with Crippen LogP contribution in [-0.4, -0.2) is 19.0 Å². The van der Waals surface area contributed by atoms with Gasteiger partial charge in [0.1, 0.15) is 0 Å². The van der Waals surface area contributed by atoms with E-state index in [4.69, 9.17) is 10.2 Å². The lowest BCUT2D eigenvalue weighted by Gasteiger charge is -2.08. The van der Waals surface area contributed by atoms with Gasteiger partial charge in [-0.3, -0.25) is 4.79 Å². The second-order valence-electron chi connectivity index (χ2n) is 4.17. The molecule has 0 aromatic carbocycles. The van der Waals surface area contributed by atoms with Crippen molar-refractivity contribution >= 4 is 5.91 Å². The van der Waals surface area contributed by atoms with Crippen LogP contribution < -0.4 is 11.1 Å². The number of carbonyl (C=O) groups excluding carboxylic acids is 1. The van der Waals surface area contributed by atoms with E-state index in [1.807, 2.05) is 6.92 Å². The van der Waals surface area contributed by atoms with Crippen LogP contribution in [0.5, 0.6) is 0 Å². The van der Waals surface area contributed by atoms with Crippen LogP contribution in [0.2, 0.25) is 0 Å². The number of amides is 1. The molecule has 0 bridgehead atoms. The van der Waals surface area contributed by atoms with Gasteiger partial charge >= 0.3 is 0 Å². The fraction of sp³-hybridized carbons (Fsp3) is 0.583. The van der Waals surface area contributed by atoms with Gasteiger partial charge in [-0.15, -0.1) is 0 Å². The third-order valence-corrected chi connectivity index (χ3v) is 2.63. The van der Waals surface area contributed by atoms with Gasteiger partial charge < -0.3 is 15.5 Å². The molecule has 3 N–H and O–H groups in total. The van der Waals surface area contributed by atoms with Gasteiger partial charge in [0.2, 0.25) is 0 Å². The van der Waals surface area contributed by atoms with Gasteiger partial charge in [-0.25, -0.2) is 0 Å². The third-order valence-electron chi connectivity index (χ3n) is 2.63. The van der Waals surface area contributed by atoms with Crippen LogP contribution in [0.3, 0.4) is 0 Å². The predicted octanol–water partition coefficient (Wildman–Crippen LogP) is 1.69. The molecule has 1 amide bonds. The Kier molecular flexibility index (Phi) is 5.05. The van der Waals surface area contributed by atoms with Crippen LogP contribution in [0.1, 0.15) is 35.9 Å². The zero-order chi connectivity index (χ0) is 12.0. The summed E-state index contributed by atoms with van der Waals surface area (Å²) < 4.78 is 5.09. The van der Waals surface area contributed by atoms with Crippen molar-refractivity contribution < 1.29 is 9.21 Å². The monoisotopic (exact) mass is 224 g/mol. The molecule has 4 nitrogen and oxygen atoms in total. The number of carbonyl (C=O) groups is 1. The Morgan fingerprint density at radius 2 is 2.38 bits per heavy atom. The summed E-state index contributed by atoms with van der Waals surface area (Å²) in [6.45, 7) is 5.34. The molecule has 0 radical (unpaired) electrons. The smallest absolute Gasteiger partial charge is 0.287 e. The Hall–Kier alpha value is -1.29. The summed E-state index contributed by atoms with van der Waals surface area (Å²) in [4.78, 5) is 11.6. The molecule has 1 aromatic heterocycles. The topological polar surface area (TPSA) is 68.3 Å². The van der Waals surface area contributed by atoms with E-state index >= 15 is 0 Å². The Morgan fingerprint density at radius 1 is 1.62 bits per heavy atom. The Morgan fingerprint density at radius 3 is 2.94 bits per heavy atom. The van der Waals surface area contributed by atoms with E-state index in [1.54, 1.807) is 6.07 Å². The molecule has 0 saturated carbocycles. The minimum atomic E-state index is -0.136. The molecule has 0 fully saturated rings. The molecule has 0 aliphatic heterocycles. The van der Waals surface area contributed by atoms with Gasteiger partial charge in [0, 0.05) is 12.1 Å². The van der Waals surface area contributed by atoms with Crippen molar-refractivity contribution in [2.24, 2.45) is 11.7 Å². The molecule has 1 aromatic rings. The molecule has 1 rings (SSSR count). The molecule has 0 aliphatic carbocycles. The largest absolute Gasteiger partial charge is 0.459 e. The zero-order valence-corrected chi connectivity index (χ0v) is 9.95. The van der Waals surface area contributed by atoms with Gasteiger partial charge in [-0.1, -0.05) is 6.92 Å². The summed E-state index contributed by atoms with van der Waals surface area (Å²) in [6, 6.07) is 1.78. The fourth-order valence-electron chi connectivity index (χ4n) is 1.46. The Bertz CT molecular complexity index is 334. The van der Waals surface area contributed by atoms with Gasteiger partial charge in [0.05, 0.1) is 6.26 Å². The lowest BCUT2D eigenvalue weighted by molar-refractivity contribution is 0.0924. The highest BCUT2D eigenvalue weighted by Gasteiger charge is 2.11. The molecule has 0 spiro atoms. The van der Waals surface area contributed by atoms with E-state index in [1.165, 1.54) is 6.26 Å². The summed E-state index contributed by atoms with van der Waals surface area (Å²) in [5, 5.41) is 2.83. The SMILES string of the molecule is Cc1ccoc1C(=O)NCCCC(C)CN. The van der Waals surface area contributed by atoms with E-state index in [9.17, 15) is 4.79 Å². The van der Waals surface area contributed by atoms with Gasteiger partial charge in [-0.2, -0.15) is 0 Å². The van der Waals surface area contributed by atoms with E-state index in [-0.39, 0.29) is 5.91 Å². The normalized spacial score (nSPS) is 12.4. The first-order chi connectivity index (χ1) is 7.65. The molecule has 16 heavy (non-hydrogen) atoms. The van der Waals surface area contributed by atoms with Crippen molar-refractivity contribution in [1.82, 2.24) is 5.32 Å². The van der Waals surface area contributed by atoms with Gasteiger partial charge in [-0.05, 0) is 38.3 Å². The maximum Gasteiger partial charge on any atom is 0.287 e. The number of hydrogen-bond acceptors (Lipinski definition) is 3. The molecule has 0 aliphatic rings. The van der Waals surface area contributed by atoms with Crippen molar-refractivity contribution in [3.63, 3.8) is 0 Å². The Balaban J connectivity index is 2.24. The van der Waals surface area contributed by atoms with Crippen molar-refractivity contribution in [2.75, 3.05) is 13.1 Å². The fourth-order valence-corrected chi connectivity index (χ4v) is 1.46. The van der Waals surface area contributed by atoms with Gasteiger partial charge in [0.15, 0.2) is 5.76 Å². The first kappa shape index (κ1) is 12.8. The zero-order valence-electron chi connectivity index (χ0n) is 9.95. The summed E-state index contributed by atoms with van der Waals surface area (Å²) in [5.74, 6) is 0.789. The standard InChI is InChI=1S/C12H20N2O2/c1-9(8-13)4-3-6-14-12(15)11-10(2)5-7-16-11/h5,7,9H,3-4,6,8,13H2,1-2H3,(H,14,15). The van der Waals surface area contributed by atoms with Crippen molar-refractivity contribution in [3.05, 3.63) is 23.7 Å². The number of nitrogens with two attached hydrogens (primary N) is 1. The molecule has 1 unspecified atom stereocenters. The number of hydrogen-bond donors (Lipinski definition) is 2. The average molecular weight is 224 g/mol. The van der Waals surface area contributed by atoms with E-state index in [0.29, 0.717) is 24.8 Å². The minimum Gasteiger partial charge on any atom is -0.459 e. The van der Waals surface area contributed by atoms with Crippen LogP contribution in [0.15, 0.2) is 16.7 Å².